The molecule has 1 aromatic heterocycles. The Morgan fingerprint density at radius 3 is 3.06 bits per heavy atom. The minimum atomic E-state index is 0.402. The Balaban J connectivity index is 2.12. The van der Waals surface area contributed by atoms with Gasteiger partial charge in [-0.1, -0.05) is 18.2 Å². The molecule has 1 heterocycles. The number of hydrogen-bond donors (Lipinski definition) is 2. The molecule has 2 nitrogen and oxygen atoms in total. The molecule has 0 saturated heterocycles. The molecule has 1 aliphatic carbocycles. The molecule has 3 rings (SSSR count). The van der Waals surface area contributed by atoms with E-state index in [1.807, 2.05) is 6.92 Å². The first-order valence-corrected chi connectivity index (χ1v) is 6.68. The van der Waals surface area contributed by atoms with Crippen LogP contribution in [0.1, 0.15) is 42.6 Å². The second-order valence-electron chi connectivity index (χ2n) is 5.44. The Morgan fingerprint density at radius 1 is 1.44 bits per heavy atom. The molecule has 18 heavy (non-hydrogen) atoms. The molecule has 0 amide bonds. The third-order valence-corrected chi connectivity index (χ3v) is 3.78. The zero-order valence-corrected chi connectivity index (χ0v) is 11.1. The van der Waals surface area contributed by atoms with Crippen LogP contribution in [0.4, 0.5) is 0 Å². The van der Waals surface area contributed by atoms with Gasteiger partial charge in [0.05, 0.1) is 6.04 Å². The number of aryl methyl sites for hydroxylation is 2. The molecule has 0 fully saturated rings. The van der Waals surface area contributed by atoms with Crippen molar-refractivity contribution in [3.05, 3.63) is 47.3 Å². The van der Waals surface area contributed by atoms with E-state index >= 15 is 0 Å². The molecule has 0 spiro atoms. The van der Waals surface area contributed by atoms with Gasteiger partial charge in [-0.25, -0.2) is 0 Å². The van der Waals surface area contributed by atoms with Crippen molar-refractivity contribution < 1.29 is 0 Å². The lowest BCUT2D eigenvalue weighted by Gasteiger charge is -2.24. The van der Waals surface area contributed by atoms with Crippen LogP contribution in [0.15, 0.2) is 30.5 Å². The lowest BCUT2D eigenvalue weighted by atomic mass is 9.91. The quantitative estimate of drug-likeness (QED) is 0.816. The largest absolute Gasteiger partial charge is 0.381 e. The van der Waals surface area contributed by atoms with Crippen molar-refractivity contribution in [3.8, 4) is 0 Å². The van der Waals surface area contributed by atoms with Crippen LogP contribution in [0.3, 0.4) is 0 Å². The summed E-state index contributed by atoms with van der Waals surface area (Å²) in [5.41, 5.74) is 6.51. The Morgan fingerprint density at radius 2 is 2.28 bits per heavy atom. The predicted octanol–water partition coefficient (Wildman–Crippen LogP) is 3.98. The third-order valence-electron chi connectivity index (χ3n) is 3.78. The highest BCUT2D eigenvalue weighted by atomic mass is 15.0. The molecule has 2 heteroatoms. The third kappa shape index (κ3) is 1.82. The van der Waals surface area contributed by atoms with Crippen molar-refractivity contribution in [2.45, 2.75) is 39.2 Å². The molecule has 94 valence electrons. The van der Waals surface area contributed by atoms with Gasteiger partial charge in [0.2, 0.25) is 0 Å². The highest BCUT2D eigenvalue weighted by Crippen LogP contribution is 2.35. The van der Waals surface area contributed by atoms with E-state index in [1.54, 1.807) is 0 Å². The van der Waals surface area contributed by atoms with E-state index in [1.165, 1.54) is 47.0 Å². The van der Waals surface area contributed by atoms with Crippen molar-refractivity contribution in [1.29, 1.82) is 0 Å². The van der Waals surface area contributed by atoms with E-state index < -0.39 is 0 Å². The fourth-order valence-corrected chi connectivity index (χ4v) is 3.02. The van der Waals surface area contributed by atoms with Crippen molar-refractivity contribution in [2.24, 2.45) is 0 Å². The minimum absolute atomic E-state index is 0.402. The molecule has 2 aromatic rings. The molecule has 0 aliphatic heterocycles. The maximum Gasteiger partial charge on any atom is 0.0663 e. The van der Waals surface area contributed by atoms with Crippen molar-refractivity contribution in [3.63, 3.8) is 0 Å². The number of nitrogens with one attached hydrogen (secondary N) is 2. The summed E-state index contributed by atoms with van der Waals surface area (Å²) in [4.78, 5) is 3.60. The number of H-pyrrole nitrogens is 1. The van der Waals surface area contributed by atoms with Crippen LogP contribution in [-0.4, -0.2) is 4.98 Å². The molecule has 1 unspecified atom stereocenters. The lowest BCUT2D eigenvalue weighted by Crippen LogP contribution is -2.23. The number of aromatic amines is 1. The van der Waals surface area contributed by atoms with Gasteiger partial charge in [-0.05, 0) is 50.8 Å². The van der Waals surface area contributed by atoms with Crippen LogP contribution in [0.25, 0.3) is 10.9 Å². The number of rotatable bonds is 2. The molecule has 1 aliphatic rings. The van der Waals surface area contributed by atoms with E-state index in [9.17, 15) is 0 Å². The van der Waals surface area contributed by atoms with Crippen LogP contribution in [0.2, 0.25) is 0 Å². The van der Waals surface area contributed by atoms with Gasteiger partial charge in [0.25, 0.3) is 0 Å². The highest BCUT2D eigenvalue weighted by molar-refractivity contribution is 5.85. The SMILES string of the molecule is C=C(C)NC1CCCc2c1[nH]c1ccc(C)cc21. The summed E-state index contributed by atoms with van der Waals surface area (Å²) in [6.45, 7) is 8.15. The first-order valence-electron chi connectivity index (χ1n) is 6.68. The number of fused-ring (bicyclic) bond motifs is 3. The Bertz CT molecular complexity index is 607. The standard InChI is InChI=1S/C16H20N2/c1-10(2)17-15-6-4-5-12-13-9-11(3)7-8-14(13)18-16(12)15/h7-9,15,17-18H,1,4-6H2,2-3H3. The van der Waals surface area contributed by atoms with Crippen LogP contribution >= 0.6 is 0 Å². The molecular weight excluding hydrogens is 220 g/mol. The van der Waals surface area contributed by atoms with Crippen LogP contribution < -0.4 is 5.32 Å². The van der Waals surface area contributed by atoms with Crippen LogP contribution in [-0.2, 0) is 6.42 Å². The fourth-order valence-electron chi connectivity index (χ4n) is 3.02. The lowest BCUT2D eigenvalue weighted by molar-refractivity contribution is 0.492. The van der Waals surface area contributed by atoms with Crippen molar-refractivity contribution in [2.75, 3.05) is 0 Å². The van der Waals surface area contributed by atoms with E-state index in [0.29, 0.717) is 6.04 Å². The number of benzene rings is 1. The summed E-state index contributed by atoms with van der Waals surface area (Å²) in [7, 11) is 0. The van der Waals surface area contributed by atoms with Gasteiger partial charge in [0.1, 0.15) is 0 Å². The highest BCUT2D eigenvalue weighted by Gasteiger charge is 2.23. The Hall–Kier alpha value is -1.70. The minimum Gasteiger partial charge on any atom is -0.381 e. The van der Waals surface area contributed by atoms with E-state index in [0.717, 1.165) is 5.70 Å². The monoisotopic (exact) mass is 240 g/mol. The second-order valence-corrected chi connectivity index (χ2v) is 5.44. The average molecular weight is 240 g/mol. The van der Waals surface area contributed by atoms with Crippen LogP contribution in [0, 0.1) is 6.92 Å². The predicted molar refractivity (Wildman–Crippen MR) is 76.7 cm³/mol. The Labute approximate surface area is 108 Å². The summed E-state index contributed by atoms with van der Waals surface area (Å²) in [5, 5.41) is 4.89. The maximum absolute atomic E-state index is 3.97. The maximum atomic E-state index is 3.97. The van der Waals surface area contributed by atoms with Gasteiger partial charge in [-0.2, -0.15) is 0 Å². The number of hydrogen-bond acceptors (Lipinski definition) is 1. The molecule has 2 N–H and O–H groups in total. The first-order chi connectivity index (χ1) is 8.65. The second kappa shape index (κ2) is 4.20. The topological polar surface area (TPSA) is 27.8 Å². The molecular formula is C16H20N2. The van der Waals surface area contributed by atoms with Crippen molar-refractivity contribution in [1.82, 2.24) is 10.3 Å². The summed E-state index contributed by atoms with van der Waals surface area (Å²) >= 11 is 0. The zero-order chi connectivity index (χ0) is 12.7. The van der Waals surface area contributed by atoms with E-state index in [-0.39, 0.29) is 0 Å². The number of allylic oxidation sites excluding steroid dienone is 1. The molecule has 0 bridgehead atoms. The fraction of sp³-hybridized carbons (Fsp3) is 0.375. The van der Waals surface area contributed by atoms with Gasteiger partial charge in [-0.3, -0.25) is 0 Å². The van der Waals surface area contributed by atoms with Gasteiger partial charge >= 0.3 is 0 Å². The van der Waals surface area contributed by atoms with Gasteiger partial charge in [0, 0.05) is 22.3 Å². The summed E-state index contributed by atoms with van der Waals surface area (Å²) in [6.07, 6.45) is 3.62. The molecule has 0 radical (unpaired) electrons. The first kappa shape index (κ1) is 11.4. The number of aromatic nitrogens is 1. The molecule has 0 saturated carbocycles. The summed E-state index contributed by atoms with van der Waals surface area (Å²) in [6, 6.07) is 7.07. The smallest absolute Gasteiger partial charge is 0.0663 e. The van der Waals surface area contributed by atoms with E-state index in [4.69, 9.17) is 0 Å². The normalized spacial score (nSPS) is 18.7. The molecule has 1 aromatic carbocycles. The Kier molecular flexibility index (Phi) is 2.66. The van der Waals surface area contributed by atoms with Crippen molar-refractivity contribution >= 4 is 10.9 Å². The average Bonchev–Trinajstić information content (AvgIpc) is 2.68. The zero-order valence-electron chi connectivity index (χ0n) is 11.1. The molecule has 1 atom stereocenters. The summed E-state index contributed by atoms with van der Waals surface area (Å²) in [5.74, 6) is 0. The van der Waals surface area contributed by atoms with Gasteiger partial charge in [0.15, 0.2) is 0 Å². The van der Waals surface area contributed by atoms with Gasteiger partial charge in [-0.15, -0.1) is 0 Å². The van der Waals surface area contributed by atoms with E-state index in [2.05, 4.69) is 42.0 Å². The van der Waals surface area contributed by atoms with Gasteiger partial charge < -0.3 is 10.3 Å². The summed E-state index contributed by atoms with van der Waals surface area (Å²) < 4.78 is 0. The van der Waals surface area contributed by atoms with Crippen LogP contribution in [0.5, 0.6) is 0 Å².